The van der Waals surface area contributed by atoms with Crippen LogP contribution < -0.4 is 10.1 Å². The number of benzene rings is 2. The van der Waals surface area contributed by atoms with E-state index in [4.69, 9.17) is 4.74 Å². The van der Waals surface area contributed by atoms with Crippen LogP contribution in [0.15, 0.2) is 42.5 Å². The summed E-state index contributed by atoms with van der Waals surface area (Å²) in [5.74, 6) is 0.929. The van der Waals surface area contributed by atoms with E-state index >= 15 is 0 Å². The van der Waals surface area contributed by atoms with Crippen molar-refractivity contribution in [1.29, 1.82) is 0 Å². The molecular weight excluding hydrogens is 329 g/mol. The average molecular weight is 346 g/mol. The molecule has 0 amide bonds. The Bertz CT molecular complexity index is 739. The predicted molar refractivity (Wildman–Crippen MR) is 86.0 cm³/mol. The van der Waals surface area contributed by atoms with Gasteiger partial charge < -0.3 is 0 Å². The Hall–Kier alpha value is -1.84. The number of aromatic nitrogens is 2. The van der Waals surface area contributed by atoms with E-state index in [0.717, 1.165) is 28.0 Å². The summed E-state index contributed by atoms with van der Waals surface area (Å²) < 4.78 is 14.7. The molecule has 3 rings (SSSR count). The summed E-state index contributed by atoms with van der Waals surface area (Å²) >= 11 is -0.00121. The summed E-state index contributed by atoms with van der Waals surface area (Å²) in [7, 11) is 0. The van der Waals surface area contributed by atoms with Gasteiger partial charge in [-0.2, -0.15) is 0 Å². The molecule has 108 valence electrons. The van der Waals surface area contributed by atoms with Crippen LogP contribution >= 0.6 is 0 Å². The van der Waals surface area contributed by atoms with Gasteiger partial charge in [0.15, 0.2) is 0 Å². The van der Waals surface area contributed by atoms with E-state index in [1.54, 1.807) is 0 Å². The van der Waals surface area contributed by atoms with Gasteiger partial charge in [0.2, 0.25) is 0 Å². The zero-order valence-corrected chi connectivity index (χ0v) is 13.7. The summed E-state index contributed by atoms with van der Waals surface area (Å²) in [5.41, 5.74) is 4.16. The monoisotopic (exact) mass is 347 g/mol. The summed E-state index contributed by atoms with van der Waals surface area (Å²) in [6.07, 6.45) is 0.170. The SMILES string of the molecule is CC(C)Oc1ccccc1CNc1cccc2n[se]nc12. The summed E-state index contributed by atoms with van der Waals surface area (Å²) in [5, 5.41) is 3.45. The Kier molecular flexibility index (Phi) is 4.23. The first-order valence-corrected chi connectivity index (χ1v) is 8.47. The molecule has 5 heteroatoms. The van der Waals surface area contributed by atoms with Crippen molar-refractivity contribution in [3.63, 3.8) is 0 Å². The van der Waals surface area contributed by atoms with E-state index in [-0.39, 0.29) is 21.1 Å². The number of fused-ring (bicyclic) bond motifs is 1. The Morgan fingerprint density at radius 1 is 1.10 bits per heavy atom. The van der Waals surface area contributed by atoms with Crippen LogP contribution in [-0.4, -0.2) is 29.0 Å². The Labute approximate surface area is 130 Å². The van der Waals surface area contributed by atoms with Crippen LogP contribution in [0.25, 0.3) is 11.0 Å². The number of nitrogens with one attached hydrogen (secondary N) is 1. The first kappa shape index (κ1) is 14.1. The van der Waals surface area contributed by atoms with Crippen molar-refractivity contribution in [2.45, 2.75) is 26.5 Å². The standard InChI is InChI=1S/C16H17N3OSe/c1-11(2)20-15-9-4-3-6-12(15)10-17-13-7-5-8-14-16(13)19-21-18-14/h3-9,11,17H,10H2,1-2H3. The number of anilines is 1. The molecule has 2 aromatic carbocycles. The van der Waals surface area contributed by atoms with Crippen molar-refractivity contribution in [1.82, 2.24) is 7.96 Å². The third-order valence-electron chi connectivity index (χ3n) is 3.09. The van der Waals surface area contributed by atoms with E-state index in [1.165, 1.54) is 0 Å². The summed E-state index contributed by atoms with van der Waals surface area (Å²) in [6.45, 7) is 4.79. The number of hydrogen-bond donors (Lipinski definition) is 1. The minimum atomic E-state index is -0.00121. The van der Waals surface area contributed by atoms with E-state index in [1.807, 2.05) is 50.2 Å². The molecule has 0 saturated heterocycles. The van der Waals surface area contributed by atoms with Crippen LogP contribution in [0.1, 0.15) is 19.4 Å². The van der Waals surface area contributed by atoms with Gasteiger partial charge in [-0.1, -0.05) is 0 Å². The first-order valence-electron chi connectivity index (χ1n) is 6.94. The van der Waals surface area contributed by atoms with Gasteiger partial charge in [-0.25, -0.2) is 0 Å². The number of para-hydroxylation sites is 1. The molecule has 0 aliphatic carbocycles. The second-order valence-corrected chi connectivity index (χ2v) is 6.17. The Morgan fingerprint density at radius 3 is 2.81 bits per heavy atom. The molecule has 0 saturated carbocycles. The van der Waals surface area contributed by atoms with Crippen molar-refractivity contribution in [3.05, 3.63) is 48.0 Å². The fourth-order valence-corrected chi connectivity index (χ4v) is 3.31. The quantitative estimate of drug-likeness (QED) is 0.722. The van der Waals surface area contributed by atoms with Crippen LogP contribution in [-0.2, 0) is 6.54 Å². The van der Waals surface area contributed by atoms with E-state index in [0.29, 0.717) is 6.54 Å². The molecule has 0 aliphatic rings. The van der Waals surface area contributed by atoms with Gasteiger partial charge in [-0.3, -0.25) is 0 Å². The van der Waals surface area contributed by atoms with Gasteiger partial charge in [0.05, 0.1) is 0 Å². The van der Waals surface area contributed by atoms with E-state index in [2.05, 4.69) is 19.3 Å². The molecule has 0 bridgehead atoms. The van der Waals surface area contributed by atoms with Crippen molar-refractivity contribution in [3.8, 4) is 5.75 Å². The molecule has 0 unspecified atom stereocenters. The second-order valence-electron chi connectivity index (χ2n) is 5.07. The van der Waals surface area contributed by atoms with Gasteiger partial charge >= 0.3 is 130 Å². The number of hydrogen-bond acceptors (Lipinski definition) is 4. The van der Waals surface area contributed by atoms with Gasteiger partial charge in [-0.15, -0.1) is 0 Å². The number of rotatable bonds is 5. The molecule has 1 heterocycles. The second kappa shape index (κ2) is 6.29. The fraction of sp³-hybridized carbons (Fsp3) is 0.250. The Morgan fingerprint density at radius 2 is 1.95 bits per heavy atom. The average Bonchev–Trinajstić information content (AvgIpc) is 2.95. The fourth-order valence-electron chi connectivity index (χ4n) is 2.16. The van der Waals surface area contributed by atoms with Crippen LogP contribution in [0.4, 0.5) is 5.69 Å². The number of nitrogens with zero attached hydrogens (tertiary/aromatic N) is 2. The third kappa shape index (κ3) is 3.26. The molecule has 0 radical (unpaired) electrons. The minimum absolute atomic E-state index is 0.00121. The Balaban J connectivity index is 1.80. The molecule has 0 aliphatic heterocycles. The number of ether oxygens (including phenoxy) is 1. The third-order valence-corrected chi connectivity index (χ3v) is 4.23. The first-order chi connectivity index (χ1) is 10.2. The molecule has 1 N–H and O–H groups in total. The zero-order valence-electron chi connectivity index (χ0n) is 12.0. The van der Waals surface area contributed by atoms with Gasteiger partial charge in [0.25, 0.3) is 0 Å². The molecule has 3 aromatic rings. The van der Waals surface area contributed by atoms with E-state index in [9.17, 15) is 0 Å². The molecular formula is C16H17N3OSe. The molecule has 21 heavy (non-hydrogen) atoms. The summed E-state index contributed by atoms with van der Waals surface area (Å²) in [4.78, 5) is 0. The molecule has 0 spiro atoms. The topological polar surface area (TPSA) is 47.0 Å². The van der Waals surface area contributed by atoms with Gasteiger partial charge in [0.1, 0.15) is 0 Å². The van der Waals surface area contributed by atoms with Crippen LogP contribution in [0.5, 0.6) is 5.75 Å². The van der Waals surface area contributed by atoms with Crippen molar-refractivity contribution >= 4 is 31.7 Å². The van der Waals surface area contributed by atoms with E-state index < -0.39 is 0 Å². The van der Waals surface area contributed by atoms with Gasteiger partial charge in [-0.05, 0) is 0 Å². The molecule has 0 atom stereocenters. The normalized spacial score (nSPS) is 11.0. The van der Waals surface area contributed by atoms with Crippen molar-refractivity contribution in [2.75, 3.05) is 5.32 Å². The maximum absolute atomic E-state index is 5.85. The van der Waals surface area contributed by atoms with Crippen molar-refractivity contribution in [2.24, 2.45) is 0 Å². The van der Waals surface area contributed by atoms with Crippen LogP contribution in [0.3, 0.4) is 0 Å². The van der Waals surface area contributed by atoms with Crippen LogP contribution in [0, 0.1) is 0 Å². The zero-order chi connectivity index (χ0) is 14.7. The molecule has 0 fully saturated rings. The van der Waals surface area contributed by atoms with Crippen LogP contribution in [0.2, 0.25) is 0 Å². The summed E-state index contributed by atoms with van der Waals surface area (Å²) in [6, 6.07) is 14.2. The van der Waals surface area contributed by atoms with Crippen molar-refractivity contribution < 1.29 is 4.74 Å². The molecule has 4 nitrogen and oxygen atoms in total. The van der Waals surface area contributed by atoms with Gasteiger partial charge in [0, 0.05) is 0 Å². The maximum atomic E-state index is 5.85. The molecule has 1 aromatic heterocycles. The predicted octanol–water partition coefficient (Wildman–Crippen LogP) is 3.09.